The van der Waals surface area contributed by atoms with Gasteiger partial charge < -0.3 is 15.2 Å². The molecule has 7 nitrogen and oxygen atoms in total. The van der Waals surface area contributed by atoms with Gasteiger partial charge in [0, 0.05) is 17.0 Å². The molecule has 1 aromatic heterocycles. The minimum Gasteiger partial charge on any atom is -0.480 e. The van der Waals surface area contributed by atoms with Crippen molar-refractivity contribution >= 4 is 23.5 Å². The van der Waals surface area contributed by atoms with Crippen molar-refractivity contribution in [3.05, 3.63) is 131 Å². The first kappa shape index (κ1) is 28.6. The summed E-state index contributed by atoms with van der Waals surface area (Å²) in [6, 6.07) is 31.0. The van der Waals surface area contributed by atoms with Gasteiger partial charge in [0.1, 0.15) is 17.5 Å². The Kier molecular flexibility index (Phi) is 8.99. The number of benzene rings is 4. The molecular weight excluding hydrogens is 550 g/mol. The normalized spacial score (nSPS) is 11.6. The second kappa shape index (κ2) is 13.2. The first-order chi connectivity index (χ1) is 20.4. The molecule has 0 saturated carbocycles. The van der Waals surface area contributed by atoms with Gasteiger partial charge in [0.25, 0.3) is 5.91 Å². The van der Waals surface area contributed by atoms with Crippen molar-refractivity contribution in [1.82, 2.24) is 15.1 Å². The topological polar surface area (TPSA) is 93.4 Å². The zero-order chi connectivity index (χ0) is 29.5. The van der Waals surface area contributed by atoms with Crippen molar-refractivity contribution in [2.45, 2.75) is 32.2 Å². The molecule has 0 aliphatic carbocycles. The van der Waals surface area contributed by atoms with E-state index in [1.807, 2.05) is 97.9 Å². The number of para-hydroxylation sites is 2. The quantitative estimate of drug-likeness (QED) is 0.170. The van der Waals surface area contributed by atoms with E-state index in [9.17, 15) is 14.7 Å². The van der Waals surface area contributed by atoms with Gasteiger partial charge in [-0.05, 0) is 60.0 Å². The number of halogens is 1. The predicted molar refractivity (Wildman–Crippen MR) is 164 cm³/mol. The minimum atomic E-state index is -1.12. The van der Waals surface area contributed by atoms with Crippen LogP contribution in [0.15, 0.2) is 109 Å². The Morgan fingerprint density at radius 2 is 1.62 bits per heavy atom. The zero-order valence-electron chi connectivity index (χ0n) is 23.0. The number of rotatable bonds is 11. The number of aliphatic carboxylic acids is 1. The summed E-state index contributed by atoms with van der Waals surface area (Å²) in [6.45, 7) is 2.01. The fourth-order valence-electron chi connectivity index (χ4n) is 4.75. The molecule has 0 fully saturated rings. The summed E-state index contributed by atoms with van der Waals surface area (Å²) < 4.78 is 7.80. The van der Waals surface area contributed by atoms with Gasteiger partial charge in [-0.25, -0.2) is 9.48 Å². The summed E-state index contributed by atoms with van der Waals surface area (Å²) >= 11 is 6.03. The molecule has 0 saturated heterocycles. The van der Waals surface area contributed by atoms with E-state index in [2.05, 4.69) is 10.4 Å². The lowest BCUT2D eigenvalue weighted by Crippen LogP contribution is -2.42. The molecule has 5 rings (SSSR count). The lowest BCUT2D eigenvalue weighted by atomic mass is 9.99. The average Bonchev–Trinajstić information content (AvgIpc) is 3.42. The van der Waals surface area contributed by atoms with E-state index in [1.54, 1.807) is 16.8 Å². The third kappa shape index (κ3) is 6.70. The Labute approximate surface area is 249 Å². The van der Waals surface area contributed by atoms with Crippen molar-refractivity contribution in [2.24, 2.45) is 0 Å². The van der Waals surface area contributed by atoms with E-state index >= 15 is 0 Å². The molecule has 0 aliphatic rings. The summed E-state index contributed by atoms with van der Waals surface area (Å²) in [7, 11) is 0. The molecule has 0 bridgehead atoms. The van der Waals surface area contributed by atoms with Gasteiger partial charge in [-0.2, -0.15) is 5.10 Å². The number of carboxylic acid groups (broad SMARTS) is 1. The van der Waals surface area contributed by atoms with Gasteiger partial charge in [-0.15, -0.1) is 0 Å². The van der Waals surface area contributed by atoms with Crippen LogP contribution in [-0.2, 0) is 17.6 Å². The molecule has 1 heterocycles. The van der Waals surface area contributed by atoms with Crippen LogP contribution in [0.3, 0.4) is 0 Å². The van der Waals surface area contributed by atoms with Crippen molar-refractivity contribution in [1.29, 1.82) is 0 Å². The number of carboxylic acids is 1. The second-order valence-corrected chi connectivity index (χ2v) is 10.3. The Morgan fingerprint density at radius 1 is 0.929 bits per heavy atom. The Balaban J connectivity index is 1.32. The molecule has 8 heteroatoms. The van der Waals surface area contributed by atoms with E-state index in [0.717, 1.165) is 34.5 Å². The predicted octanol–water partition coefficient (Wildman–Crippen LogP) is 7.36. The molecule has 0 spiro atoms. The molecular formula is C34H30ClN3O4. The van der Waals surface area contributed by atoms with Crippen LogP contribution in [0.25, 0.3) is 16.8 Å². The molecule has 1 amide bonds. The molecule has 0 radical (unpaired) electrons. The minimum absolute atomic E-state index is 0.123. The first-order valence-corrected chi connectivity index (χ1v) is 14.1. The first-order valence-electron chi connectivity index (χ1n) is 13.7. The molecule has 1 atom stereocenters. The van der Waals surface area contributed by atoms with Gasteiger partial charge in [-0.3, -0.25) is 4.79 Å². The number of amides is 1. The number of hydrogen-bond donors (Lipinski definition) is 2. The summed E-state index contributed by atoms with van der Waals surface area (Å²) in [5.74, 6) is -0.137. The van der Waals surface area contributed by atoms with Crippen LogP contribution in [0.5, 0.6) is 11.5 Å². The number of carbonyl (C=O) groups is 2. The van der Waals surface area contributed by atoms with Crippen molar-refractivity contribution in [3.63, 3.8) is 0 Å². The molecule has 42 heavy (non-hydrogen) atoms. The van der Waals surface area contributed by atoms with E-state index in [0.29, 0.717) is 28.5 Å². The highest BCUT2D eigenvalue weighted by Gasteiger charge is 2.25. The highest BCUT2D eigenvalue weighted by atomic mass is 35.5. The lowest BCUT2D eigenvalue weighted by molar-refractivity contribution is -0.139. The van der Waals surface area contributed by atoms with Gasteiger partial charge >= 0.3 is 5.97 Å². The van der Waals surface area contributed by atoms with Crippen LogP contribution in [0.2, 0.25) is 5.02 Å². The maximum Gasteiger partial charge on any atom is 0.326 e. The number of nitrogens with one attached hydrogen (secondary N) is 1. The van der Waals surface area contributed by atoms with Crippen molar-refractivity contribution < 1.29 is 19.4 Å². The van der Waals surface area contributed by atoms with Gasteiger partial charge in [0.15, 0.2) is 0 Å². The second-order valence-electron chi connectivity index (χ2n) is 9.82. The monoisotopic (exact) mass is 579 g/mol. The average molecular weight is 580 g/mol. The number of carbonyl (C=O) groups excluding carboxylic acids is 1. The van der Waals surface area contributed by atoms with Crippen LogP contribution in [0, 0.1) is 0 Å². The highest BCUT2D eigenvalue weighted by molar-refractivity contribution is 6.30. The molecule has 5 aromatic rings. The van der Waals surface area contributed by atoms with E-state index in [1.165, 1.54) is 6.20 Å². The van der Waals surface area contributed by atoms with Crippen LogP contribution >= 0.6 is 11.6 Å². The van der Waals surface area contributed by atoms with E-state index in [-0.39, 0.29) is 6.42 Å². The van der Waals surface area contributed by atoms with Crippen LogP contribution < -0.4 is 10.1 Å². The van der Waals surface area contributed by atoms with Crippen LogP contribution in [0.4, 0.5) is 0 Å². The number of nitrogens with zero attached hydrogens (tertiary/aromatic N) is 2. The largest absolute Gasteiger partial charge is 0.480 e. The molecule has 0 aliphatic heterocycles. The highest BCUT2D eigenvalue weighted by Crippen LogP contribution is 2.33. The number of hydrogen-bond acceptors (Lipinski definition) is 4. The number of aromatic nitrogens is 2. The summed E-state index contributed by atoms with van der Waals surface area (Å²) in [4.78, 5) is 25.5. The summed E-state index contributed by atoms with van der Waals surface area (Å²) in [5.41, 5.74) is 4.45. The lowest BCUT2D eigenvalue weighted by Gasteiger charge is -2.16. The molecule has 1 unspecified atom stereocenters. The smallest absolute Gasteiger partial charge is 0.326 e. The summed E-state index contributed by atoms with van der Waals surface area (Å²) in [5, 5.41) is 17.7. The Hall–Kier alpha value is -4.88. The van der Waals surface area contributed by atoms with Crippen molar-refractivity contribution in [3.8, 4) is 28.3 Å². The third-order valence-electron chi connectivity index (χ3n) is 6.84. The van der Waals surface area contributed by atoms with Gasteiger partial charge in [0.2, 0.25) is 0 Å². The SMILES string of the molecule is CCCc1c(C(=O)NC(Cc2ccc(-c3ccccc3Oc3ccccc3)cc2)C(=O)O)cnn1-c1ccc(Cl)cc1. The molecule has 2 N–H and O–H groups in total. The fraction of sp³-hybridized carbons (Fsp3) is 0.147. The molecule has 4 aromatic carbocycles. The molecule has 212 valence electrons. The maximum absolute atomic E-state index is 13.3. The van der Waals surface area contributed by atoms with Crippen molar-refractivity contribution in [2.75, 3.05) is 0 Å². The Morgan fingerprint density at radius 3 is 2.31 bits per heavy atom. The van der Waals surface area contributed by atoms with Gasteiger partial charge in [-0.1, -0.05) is 85.6 Å². The maximum atomic E-state index is 13.3. The zero-order valence-corrected chi connectivity index (χ0v) is 23.8. The van der Waals surface area contributed by atoms with Crippen LogP contribution in [-0.4, -0.2) is 32.8 Å². The summed E-state index contributed by atoms with van der Waals surface area (Å²) in [6.07, 6.45) is 2.99. The Bertz CT molecular complexity index is 1670. The van der Waals surface area contributed by atoms with E-state index < -0.39 is 17.9 Å². The third-order valence-corrected chi connectivity index (χ3v) is 7.09. The fourth-order valence-corrected chi connectivity index (χ4v) is 4.87. The van der Waals surface area contributed by atoms with E-state index in [4.69, 9.17) is 16.3 Å². The van der Waals surface area contributed by atoms with Crippen LogP contribution in [0.1, 0.15) is 35.0 Å². The van der Waals surface area contributed by atoms with Gasteiger partial charge in [0.05, 0.1) is 23.1 Å². The number of ether oxygens (including phenoxy) is 1. The standard InChI is InChI=1S/C34H30ClN3O4/c1-2-8-31-29(22-36-38(31)26-19-17-25(35)18-20-26)33(39)37-30(34(40)41)21-23-13-15-24(16-14-23)28-11-6-7-12-32(28)42-27-9-4-3-5-10-27/h3-7,9-20,22,30H,2,8,21H2,1H3,(H,37,39)(H,40,41).